The average Bonchev–Trinajstić information content (AvgIpc) is 2.38. The third-order valence-corrected chi connectivity index (χ3v) is 3.23. The number of carbonyl (C=O) groups excluding carboxylic acids is 1. The second-order valence-corrected chi connectivity index (χ2v) is 7.56. The molecule has 6 nitrogen and oxygen atoms in total. The second-order valence-electron chi connectivity index (χ2n) is 7.56. The summed E-state index contributed by atoms with van der Waals surface area (Å²) in [6.45, 7) is 15.6. The molecule has 0 aromatic heterocycles. The molecule has 0 heterocycles. The minimum Gasteiger partial charge on any atom is -0.444 e. The number of rotatable bonds is 7. The van der Waals surface area contributed by atoms with Gasteiger partial charge >= 0.3 is 6.09 Å². The molecule has 0 aromatic carbocycles. The number of aliphatic imine (C=N–C) groups is 1. The van der Waals surface area contributed by atoms with Crippen LogP contribution in [0.1, 0.15) is 54.9 Å². The highest BCUT2D eigenvalue weighted by Crippen LogP contribution is 2.08. The van der Waals surface area contributed by atoms with E-state index in [1.807, 2.05) is 20.8 Å². The summed E-state index contributed by atoms with van der Waals surface area (Å²) in [7, 11) is 1.75. The summed E-state index contributed by atoms with van der Waals surface area (Å²) in [5, 5.41) is 9.46. The fourth-order valence-electron chi connectivity index (χ4n) is 1.82. The molecule has 0 fully saturated rings. The summed E-state index contributed by atoms with van der Waals surface area (Å²) in [5.74, 6) is 1.68. The fraction of sp³-hybridized carbons (Fsp3) is 0.882. The summed E-state index contributed by atoms with van der Waals surface area (Å²) in [6, 6.07) is -0.0338. The van der Waals surface area contributed by atoms with Crippen molar-refractivity contribution in [3.63, 3.8) is 0 Å². The van der Waals surface area contributed by atoms with Crippen molar-refractivity contribution in [1.29, 1.82) is 0 Å². The molecule has 0 radical (unpaired) electrons. The molecular weight excluding hydrogens is 292 g/mol. The summed E-state index contributed by atoms with van der Waals surface area (Å²) in [6.07, 6.45) is 0.700. The van der Waals surface area contributed by atoms with Crippen molar-refractivity contribution in [1.82, 2.24) is 16.0 Å². The Morgan fingerprint density at radius 1 is 1.13 bits per heavy atom. The fourth-order valence-corrected chi connectivity index (χ4v) is 1.82. The first kappa shape index (κ1) is 21.5. The van der Waals surface area contributed by atoms with Gasteiger partial charge < -0.3 is 20.7 Å². The molecule has 1 unspecified atom stereocenters. The van der Waals surface area contributed by atoms with Crippen LogP contribution in [0.5, 0.6) is 0 Å². The summed E-state index contributed by atoms with van der Waals surface area (Å²) in [5.41, 5.74) is -0.493. The van der Waals surface area contributed by atoms with Gasteiger partial charge in [-0.05, 0) is 39.0 Å². The van der Waals surface area contributed by atoms with Crippen LogP contribution < -0.4 is 16.0 Å². The molecule has 0 bridgehead atoms. The standard InChI is InChI=1S/C17H36N4O2/c1-12(2)9-10-19-15(18-8)20-11-14(13(3)4)21-16(22)23-17(5,6)7/h12-14H,9-11H2,1-8H3,(H,21,22)(H2,18,19,20). The van der Waals surface area contributed by atoms with Crippen LogP contribution in [-0.2, 0) is 4.74 Å². The lowest BCUT2D eigenvalue weighted by Crippen LogP contribution is -2.50. The van der Waals surface area contributed by atoms with Crippen molar-refractivity contribution >= 4 is 12.1 Å². The molecule has 6 heteroatoms. The Hall–Kier alpha value is -1.46. The van der Waals surface area contributed by atoms with Crippen LogP contribution in [0, 0.1) is 11.8 Å². The Balaban J connectivity index is 4.39. The Morgan fingerprint density at radius 3 is 2.17 bits per heavy atom. The lowest BCUT2D eigenvalue weighted by molar-refractivity contribution is 0.0491. The van der Waals surface area contributed by atoms with Crippen LogP contribution in [0.25, 0.3) is 0 Å². The van der Waals surface area contributed by atoms with Crippen LogP contribution in [0.4, 0.5) is 4.79 Å². The van der Waals surface area contributed by atoms with E-state index in [-0.39, 0.29) is 18.1 Å². The first-order valence-electron chi connectivity index (χ1n) is 8.49. The maximum Gasteiger partial charge on any atom is 0.407 e. The zero-order valence-corrected chi connectivity index (χ0v) is 16.1. The number of hydrogen-bond donors (Lipinski definition) is 3. The molecule has 3 N–H and O–H groups in total. The molecule has 0 spiro atoms. The third-order valence-electron chi connectivity index (χ3n) is 3.23. The van der Waals surface area contributed by atoms with Crippen molar-refractivity contribution < 1.29 is 9.53 Å². The average molecular weight is 329 g/mol. The highest BCUT2D eigenvalue weighted by Gasteiger charge is 2.21. The maximum atomic E-state index is 11.9. The third kappa shape index (κ3) is 11.7. The van der Waals surface area contributed by atoms with E-state index in [1.165, 1.54) is 0 Å². The number of nitrogens with one attached hydrogen (secondary N) is 3. The Labute approximate surface area is 141 Å². The summed E-state index contributed by atoms with van der Waals surface area (Å²) in [4.78, 5) is 16.1. The Kier molecular flexibility index (Phi) is 9.68. The highest BCUT2D eigenvalue weighted by molar-refractivity contribution is 5.79. The first-order valence-corrected chi connectivity index (χ1v) is 8.49. The van der Waals surface area contributed by atoms with Gasteiger partial charge in [-0.15, -0.1) is 0 Å². The number of amides is 1. The zero-order chi connectivity index (χ0) is 18.0. The molecule has 0 aliphatic carbocycles. The SMILES string of the molecule is CN=C(NCCC(C)C)NCC(NC(=O)OC(C)(C)C)C(C)C. The number of guanidine groups is 1. The molecule has 0 aliphatic rings. The lowest BCUT2D eigenvalue weighted by Gasteiger charge is -2.26. The monoisotopic (exact) mass is 328 g/mol. The van der Waals surface area contributed by atoms with E-state index >= 15 is 0 Å². The van der Waals surface area contributed by atoms with Crippen molar-refractivity contribution in [2.45, 2.75) is 66.5 Å². The predicted molar refractivity (Wildman–Crippen MR) is 96.8 cm³/mol. The topological polar surface area (TPSA) is 74.8 Å². The van der Waals surface area contributed by atoms with E-state index in [9.17, 15) is 4.79 Å². The Morgan fingerprint density at radius 2 is 1.74 bits per heavy atom. The molecule has 0 aliphatic heterocycles. The van der Waals surface area contributed by atoms with Gasteiger partial charge in [-0.25, -0.2) is 4.79 Å². The number of carbonyl (C=O) groups is 1. The van der Waals surface area contributed by atoms with Gasteiger partial charge in [0.2, 0.25) is 0 Å². The Bertz CT molecular complexity index is 373. The van der Waals surface area contributed by atoms with Crippen LogP contribution in [0.2, 0.25) is 0 Å². The first-order chi connectivity index (χ1) is 10.5. The normalized spacial score (nSPS) is 13.9. The van der Waals surface area contributed by atoms with Gasteiger partial charge in [-0.1, -0.05) is 27.7 Å². The molecule has 1 amide bonds. The lowest BCUT2D eigenvalue weighted by atomic mass is 10.0. The van der Waals surface area contributed by atoms with E-state index in [0.717, 1.165) is 18.9 Å². The van der Waals surface area contributed by atoms with Gasteiger partial charge in [-0.2, -0.15) is 0 Å². The maximum absolute atomic E-state index is 11.9. The molecule has 0 saturated carbocycles. The second kappa shape index (κ2) is 10.3. The van der Waals surface area contributed by atoms with Crippen molar-refractivity contribution in [3.05, 3.63) is 0 Å². The number of hydrogen-bond acceptors (Lipinski definition) is 3. The molecule has 0 rings (SSSR count). The minimum absolute atomic E-state index is 0.0338. The van der Waals surface area contributed by atoms with Crippen LogP contribution in [0.15, 0.2) is 4.99 Å². The van der Waals surface area contributed by atoms with Crippen LogP contribution in [0.3, 0.4) is 0 Å². The van der Waals surface area contributed by atoms with E-state index in [0.29, 0.717) is 12.5 Å². The van der Waals surface area contributed by atoms with Gasteiger partial charge in [0.1, 0.15) is 5.60 Å². The molecule has 0 aromatic rings. The van der Waals surface area contributed by atoms with Gasteiger partial charge in [0.15, 0.2) is 5.96 Å². The van der Waals surface area contributed by atoms with Crippen LogP contribution in [-0.4, -0.2) is 43.8 Å². The zero-order valence-electron chi connectivity index (χ0n) is 16.1. The minimum atomic E-state index is -0.493. The largest absolute Gasteiger partial charge is 0.444 e. The number of nitrogens with zero attached hydrogens (tertiary/aromatic N) is 1. The van der Waals surface area contributed by atoms with Crippen molar-refractivity contribution in [2.24, 2.45) is 16.8 Å². The van der Waals surface area contributed by atoms with E-state index in [1.54, 1.807) is 7.05 Å². The van der Waals surface area contributed by atoms with Gasteiger partial charge in [0, 0.05) is 20.1 Å². The van der Waals surface area contributed by atoms with Crippen LogP contribution >= 0.6 is 0 Å². The van der Waals surface area contributed by atoms with E-state index < -0.39 is 5.60 Å². The van der Waals surface area contributed by atoms with Crippen molar-refractivity contribution in [2.75, 3.05) is 20.1 Å². The van der Waals surface area contributed by atoms with E-state index in [4.69, 9.17) is 4.74 Å². The molecule has 0 saturated heterocycles. The smallest absolute Gasteiger partial charge is 0.407 e. The molecule has 136 valence electrons. The summed E-state index contributed by atoms with van der Waals surface area (Å²) < 4.78 is 5.32. The molecule has 1 atom stereocenters. The van der Waals surface area contributed by atoms with Gasteiger partial charge in [0.25, 0.3) is 0 Å². The quantitative estimate of drug-likeness (QED) is 0.496. The predicted octanol–water partition coefficient (Wildman–Crippen LogP) is 2.75. The summed E-state index contributed by atoms with van der Waals surface area (Å²) >= 11 is 0. The number of ether oxygens (including phenoxy) is 1. The van der Waals surface area contributed by atoms with Crippen molar-refractivity contribution in [3.8, 4) is 0 Å². The van der Waals surface area contributed by atoms with E-state index in [2.05, 4.69) is 48.6 Å². The van der Waals surface area contributed by atoms with Gasteiger partial charge in [-0.3, -0.25) is 4.99 Å². The van der Waals surface area contributed by atoms with Gasteiger partial charge in [0.05, 0.1) is 6.04 Å². The molecular formula is C17H36N4O2. The highest BCUT2D eigenvalue weighted by atomic mass is 16.6. The number of alkyl carbamates (subject to hydrolysis) is 1. The molecule has 23 heavy (non-hydrogen) atoms.